The molecule has 0 aliphatic carbocycles. The van der Waals surface area contributed by atoms with Crippen LogP contribution in [0.25, 0.3) is 0 Å². The van der Waals surface area contributed by atoms with E-state index >= 15 is 0 Å². The Morgan fingerprint density at radius 3 is 2.54 bits per heavy atom. The molecule has 0 bridgehead atoms. The first-order chi connectivity index (χ1) is 11.5. The molecule has 1 N–H and O–H groups in total. The Labute approximate surface area is 151 Å². The lowest BCUT2D eigenvalue weighted by Gasteiger charge is -2.10. The molecule has 1 aromatic carbocycles. The van der Waals surface area contributed by atoms with Gasteiger partial charge in [0.25, 0.3) is 5.69 Å². The van der Waals surface area contributed by atoms with Crippen LogP contribution in [0.3, 0.4) is 0 Å². The summed E-state index contributed by atoms with van der Waals surface area (Å²) < 4.78 is 0. The topological polar surface area (TPSA) is 80.4 Å². The highest BCUT2D eigenvalue weighted by atomic mass is 33.1. The maximum atomic E-state index is 11.1. The zero-order chi connectivity index (χ0) is 17.9. The minimum atomic E-state index is -1.27. The summed E-state index contributed by atoms with van der Waals surface area (Å²) >= 11 is 0. The highest BCUT2D eigenvalue weighted by Crippen LogP contribution is 2.38. The minimum Gasteiger partial charge on any atom is -0.477 e. The lowest BCUT2D eigenvalue weighted by atomic mass is 10.1. The van der Waals surface area contributed by atoms with E-state index in [1.165, 1.54) is 61.5 Å². The van der Waals surface area contributed by atoms with Crippen molar-refractivity contribution in [3.8, 4) is 0 Å². The molecular formula is C17H25NO4S2. The number of carbonyl (C=O) groups is 1. The number of benzene rings is 1. The molecule has 1 atom stereocenters. The van der Waals surface area contributed by atoms with Crippen LogP contribution in [0.5, 0.6) is 0 Å². The smallest absolute Gasteiger partial charge is 0.342 e. The zero-order valence-corrected chi connectivity index (χ0v) is 15.8. The van der Waals surface area contributed by atoms with Gasteiger partial charge in [0.1, 0.15) is 5.56 Å². The number of aromatic carboxylic acids is 1. The molecule has 0 fully saturated rings. The summed E-state index contributed by atoms with van der Waals surface area (Å²) in [5.41, 5.74) is -0.619. The van der Waals surface area contributed by atoms with Crippen molar-refractivity contribution in [2.45, 2.75) is 68.9 Å². The molecule has 0 saturated heterocycles. The number of carboxylic acids is 1. The fourth-order valence-electron chi connectivity index (χ4n) is 2.30. The second-order valence-electron chi connectivity index (χ2n) is 5.79. The van der Waals surface area contributed by atoms with E-state index in [-0.39, 0.29) is 11.3 Å². The summed E-state index contributed by atoms with van der Waals surface area (Å²) in [5, 5.41) is 20.4. The van der Waals surface area contributed by atoms with Crippen LogP contribution in [-0.4, -0.2) is 21.2 Å². The number of unbranched alkanes of at least 4 members (excludes halogenated alkanes) is 5. The Morgan fingerprint density at radius 2 is 1.92 bits per heavy atom. The predicted octanol–water partition coefficient (Wildman–Crippen LogP) is 6.17. The van der Waals surface area contributed by atoms with E-state index in [1.54, 1.807) is 16.9 Å². The Kier molecular flexibility index (Phi) is 9.86. The Morgan fingerprint density at radius 1 is 1.25 bits per heavy atom. The first-order valence-corrected chi connectivity index (χ1v) is 10.5. The van der Waals surface area contributed by atoms with Crippen molar-refractivity contribution in [2.75, 3.05) is 0 Å². The molecule has 5 nitrogen and oxygen atoms in total. The van der Waals surface area contributed by atoms with Crippen molar-refractivity contribution in [3.05, 3.63) is 33.9 Å². The Balaban J connectivity index is 2.42. The molecule has 0 aliphatic rings. The van der Waals surface area contributed by atoms with Crippen molar-refractivity contribution in [3.63, 3.8) is 0 Å². The Bertz CT molecular complexity index is 551. The standard InChI is InChI=1S/C17H25NO4S2/c1-3-4-5-6-7-8-9-13(2)23-24-14-10-11-16(18(21)22)15(12-14)17(19)20/h10-13H,3-9H2,1-2H3,(H,19,20). The van der Waals surface area contributed by atoms with E-state index < -0.39 is 10.9 Å². The molecule has 134 valence electrons. The first-order valence-electron chi connectivity index (χ1n) is 8.30. The van der Waals surface area contributed by atoms with Crippen LogP contribution in [0.1, 0.15) is 69.2 Å². The molecule has 0 radical (unpaired) electrons. The summed E-state index contributed by atoms with van der Waals surface area (Å²) in [6.45, 7) is 4.37. The van der Waals surface area contributed by atoms with Crippen LogP contribution >= 0.6 is 21.6 Å². The lowest BCUT2D eigenvalue weighted by molar-refractivity contribution is -0.385. The maximum Gasteiger partial charge on any atom is 0.342 e. The molecule has 1 aromatic rings. The van der Waals surface area contributed by atoms with Gasteiger partial charge in [0, 0.05) is 16.2 Å². The molecule has 1 rings (SSSR count). The molecular weight excluding hydrogens is 346 g/mol. The van der Waals surface area contributed by atoms with Crippen molar-refractivity contribution < 1.29 is 14.8 Å². The SMILES string of the molecule is CCCCCCCCC(C)SSc1ccc([N+](=O)[O-])c(C(=O)O)c1. The molecule has 0 heterocycles. The molecule has 0 spiro atoms. The summed E-state index contributed by atoms with van der Waals surface area (Å²) in [5.74, 6) is -1.27. The van der Waals surface area contributed by atoms with Gasteiger partial charge in [-0.3, -0.25) is 10.1 Å². The quantitative estimate of drug-likeness (QED) is 0.205. The van der Waals surface area contributed by atoms with Crippen LogP contribution in [0.2, 0.25) is 0 Å². The first kappa shape index (κ1) is 20.8. The average Bonchev–Trinajstić information content (AvgIpc) is 2.55. The number of carboxylic acid groups (broad SMARTS) is 1. The van der Waals surface area contributed by atoms with Crippen molar-refractivity contribution >= 4 is 33.2 Å². The third-order valence-corrected chi connectivity index (χ3v) is 6.63. The van der Waals surface area contributed by atoms with Gasteiger partial charge in [-0.1, -0.05) is 74.0 Å². The zero-order valence-electron chi connectivity index (χ0n) is 14.2. The highest BCUT2D eigenvalue weighted by Gasteiger charge is 2.20. The van der Waals surface area contributed by atoms with Gasteiger partial charge in [0.05, 0.1) is 4.92 Å². The summed E-state index contributed by atoms with van der Waals surface area (Å²) in [4.78, 5) is 22.1. The van der Waals surface area contributed by atoms with Gasteiger partial charge in [-0.15, -0.1) is 0 Å². The second kappa shape index (κ2) is 11.4. The molecule has 7 heteroatoms. The normalized spacial score (nSPS) is 12.1. The van der Waals surface area contributed by atoms with Gasteiger partial charge in [0.2, 0.25) is 0 Å². The second-order valence-corrected chi connectivity index (χ2v) is 8.50. The molecule has 0 amide bonds. The number of nitrogens with zero attached hydrogens (tertiary/aromatic N) is 1. The van der Waals surface area contributed by atoms with E-state index in [2.05, 4.69) is 13.8 Å². The van der Waals surface area contributed by atoms with E-state index in [1.807, 2.05) is 0 Å². The van der Waals surface area contributed by atoms with E-state index in [9.17, 15) is 14.9 Å². The van der Waals surface area contributed by atoms with Crippen molar-refractivity contribution in [1.82, 2.24) is 0 Å². The summed E-state index contributed by atoms with van der Waals surface area (Å²) in [6.07, 6.45) is 8.77. The van der Waals surface area contributed by atoms with Gasteiger partial charge in [0.15, 0.2) is 0 Å². The third-order valence-electron chi connectivity index (χ3n) is 3.67. The number of hydrogen-bond donors (Lipinski definition) is 1. The van der Waals surface area contributed by atoms with E-state index in [4.69, 9.17) is 5.11 Å². The molecule has 1 unspecified atom stereocenters. The fourth-order valence-corrected chi connectivity index (χ4v) is 4.55. The highest BCUT2D eigenvalue weighted by molar-refractivity contribution is 8.76. The van der Waals surface area contributed by atoms with Gasteiger partial charge >= 0.3 is 5.97 Å². The summed E-state index contributed by atoms with van der Waals surface area (Å²) in [6, 6.07) is 4.26. The monoisotopic (exact) mass is 371 g/mol. The largest absolute Gasteiger partial charge is 0.477 e. The molecule has 0 aliphatic heterocycles. The lowest BCUT2D eigenvalue weighted by Crippen LogP contribution is -2.02. The van der Waals surface area contributed by atoms with Crippen molar-refractivity contribution in [1.29, 1.82) is 0 Å². The van der Waals surface area contributed by atoms with Gasteiger partial charge < -0.3 is 5.11 Å². The fraction of sp³-hybridized carbons (Fsp3) is 0.588. The van der Waals surface area contributed by atoms with Gasteiger partial charge in [-0.05, 0) is 18.6 Å². The predicted molar refractivity (Wildman–Crippen MR) is 101 cm³/mol. The van der Waals surface area contributed by atoms with Crippen LogP contribution < -0.4 is 0 Å². The molecule has 0 saturated carbocycles. The average molecular weight is 372 g/mol. The number of nitro groups is 1. The van der Waals surface area contributed by atoms with E-state index in [0.717, 1.165) is 11.3 Å². The van der Waals surface area contributed by atoms with Gasteiger partial charge in [-0.2, -0.15) is 0 Å². The minimum absolute atomic E-state index is 0.255. The van der Waals surface area contributed by atoms with Crippen LogP contribution in [-0.2, 0) is 0 Å². The summed E-state index contributed by atoms with van der Waals surface area (Å²) in [7, 11) is 3.17. The van der Waals surface area contributed by atoms with Crippen LogP contribution in [0, 0.1) is 10.1 Å². The van der Waals surface area contributed by atoms with Crippen LogP contribution in [0.15, 0.2) is 23.1 Å². The third kappa shape index (κ3) is 7.57. The van der Waals surface area contributed by atoms with Gasteiger partial charge in [-0.25, -0.2) is 4.79 Å². The van der Waals surface area contributed by atoms with Crippen molar-refractivity contribution in [2.24, 2.45) is 0 Å². The van der Waals surface area contributed by atoms with E-state index in [0.29, 0.717) is 5.25 Å². The molecule has 24 heavy (non-hydrogen) atoms. The number of hydrogen-bond acceptors (Lipinski definition) is 5. The maximum absolute atomic E-state index is 11.1. The Hall–Kier alpha value is -1.21. The van der Waals surface area contributed by atoms with Crippen LogP contribution in [0.4, 0.5) is 5.69 Å². The number of nitro benzene ring substituents is 1. The number of rotatable bonds is 12. The molecule has 0 aromatic heterocycles.